The Hall–Kier alpha value is -2.88. The Morgan fingerprint density at radius 3 is 2.47 bits per heavy atom. The molecule has 2 saturated heterocycles. The number of carbonyl (C=O) groups excluding carboxylic acids is 1. The van der Waals surface area contributed by atoms with Gasteiger partial charge in [-0.25, -0.2) is 23.1 Å². The lowest BCUT2D eigenvalue weighted by molar-refractivity contribution is -0.134. The minimum Gasteiger partial charge on any atom is -0.344 e. The number of amides is 1. The standard InChI is InChI=1S/C19H18ClF3N6O/c1-8-14(22)9(2)26-18(25-8)29-6-11-16(30)28(3)17(24)27-19(11,7-29)10-4-5-12(21)13(20)15(10)23/h4-5,11H,6-7H2,1-3H3,(H2,24,27)/t11-,19+/m0/s1. The van der Waals surface area contributed by atoms with Crippen molar-refractivity contribution in [2.24, 2.45) is 5.92 Å². The van der Waals surface area contributed by atoms with E-state index in [2.05, 4.69) is 15.3 Å². The van der Waals surface area contributed by atoms with E-state index in [1.54, 1.807) is 4.90 Å². The van der Waals surface area contributed by atoms with Gasteiger partial charge in [0.2, 0.25) is 11.9 Å². The molecule has 2 N–H and O–H groups in total. The summed E-state index contributed by atoms with van der Waals surface area (Å²) in [4.78, 5) is 24.1. The number of rotatable bonds is 2. The zero-order valence-electron chi connectivity index (χ0n) is 16.4. The molecule has 2 aromatic rings. The lowest BCUT2D eigenvalue weighted by Crippen LogP contribution is -2.65. The number of guanidine groups is 1. The lowest BCUT2D eigenvalue weighted by Gasteiger charge is -2.43. The number of fused-ring (bicyclic) bond motifs is 1. The van der Waals surface area contributed by atoms with Crippen LogP contribution >= 0.6 is 11.6 Å². The number of aryl methyl sites for hydroxylation is 2. The second-order valence-corrected chi connectivity index (χ2v) is 7.88. The van der Waals surface area contributed by atoms with Crippen LogP contribution in [0.4, 0.5) is 19.1 Å². The number of anilines is 1. The number of hydrogen-bond donors (Lipinski definition) is 2. The van der Waals surface area contributed by atoms with E-state index in [0.29, 0.717) is 0 Å². The average Bonchev–Trinajstić information content (AvgIpc) is 3.08. The number of nitrogens with zero attached hydrogens (tertiary/aromatic N) is 4. The van der Waals surface area contributed by atoms with Crippen LogP contribution in [0.1, 0.15) is 17.0 Å². The van der Waals surface area contributed by atoms with E-state index in [4.69, 9.17) is 17.0 Å². The van der Waals surface area contributed by atoms with Crippen molar-refractivity contribution in [1.82, 2.24) is 20.2 Å². The van der Waals surface area contributed by atoms with Crippen molar-refractivity contribution in [3.8, 4) is 0 Å². The van der Waals surface area contributed by atoms with E-state index in [0.717, 1.165) is 11.0 Å². The SMILES string of the molecule is Cc1nc(N2C[C@H]3C(=O)N(C)C(=N)N[C@@]3(c3ccc(F)c(Cl)c3F)C2)nc(C)c1F. The van der Waals surface area contributed by atoms with Gasteiger partial charge in [-0.3, -0.25) is 15.1 Å². The van der Waals surface area contributed by atoms with Gasteiger partial charge in [0.05, 0.1) is 22.8 Å². The lowest BCUT2D eigenvalue weighted by atomic mass is 9.78. The summed E-state index contributed by atoms with van der Waals surface area (Å²) in [7, 11) is 1.43. The first-order valence-electron chi connectivity index (χ1n) is 9.10. The third kappa shape index (κ3) is 2.81. The molecule has 0 saturated carbocycles. The van der Waals surface area contributed by atoms with Crippen molar-refractivity contribution >= 4 is 29.4 Å². The molecule has 1 aromatic heterocycles. The molecule has 1 aromatic carbocycles. The summed E-state index contributed by atoms with van der Waals surface area (Å²) in [6.07, 6.45) is 0. The van der Waals surface area contributed by atoms with E-state index in [1.165, 1.54) is 27.0 Å². The zero-order chi connectivity index (χ0) is 22.0. The molecule has 158 valence electrons. The second-order valence-electron chi connectivity index (χ2n) is 7.51. The van der Waals surface area contributed by atoms with Gasteiger partial charge in [0, 0.05) is 25.7 Å². The second kappa shape index (κ2) is 6.83. The van der Waals surface area contributed by atoms with Gasteiger partial charge in [0.1, 0.15) is 16.7 Å². The van der Waals surface area contributed by atoms with Crippen molar-refractivity contribution in [2.45, 2.75) is 19.4 Å². The van der Waals surface area contributed by atoms with Gasteiger partial charge in [-0.05, 0) is 19.9 Å². The summed E-state index contributed by atoms with van der Waals surface area (Å²) in [5.74, 6) is -3.78. The molecule has 2 aliphatic heterocycles. The van der Waals surface area contributed by atoms with E-state index >= 15 is 4.39 Å². The van der Waals surface area contributed by atoms with Crippen molar-refractivity contribution in [3.63, 3.8) is 0 Å². The number of benzene rings is 1. The minimum atomic E-state index is -1.40. The van der Waals surface area contributed by atoms with E-state index in [9.17, 15) is 13.6 Å². The number of hydrogen-bond acceptors (Lipinski definition) is 5. The Morgan fingerprint density at radius 2 is 1.83 bits per heavy atom. The maximum Gasteiger partial charge on any atom is 0.236 e. The zero-order valence-corrected chi connectivity index (χ0v) is 17.1. The molecule has 2 fully saturated rings. The van der Waals surface area contributed by atoms with Gasteiger partial charge in [0.25, 0.3) is 0 Å². The quantitative estimate of drug-likeness (QED) is 0.704. The van der Waals surface area contributed by atoms with Crippen LogP contribution in [-0.2, 0) is 10.3 Å². The van der Waals surface area contributed by atoms with E-state index in [-0.39, 0.29) is 41.9 Å². The Labute approximate surface area is 175 Å². The van der Waals surface area contributed by atoms with Gasteiger partial charge in [-0.15, -0.1) is 0 Å². The molecule has 0 bridgehead atoms. The molecular weight excluding hydrogens is 421 g/mol. The third-order valence-corrected chi connectivity index (χ3v) is 6.06. The predicted molar refractivity (Wildman–Crippen MR) is 104 cm³/mol. The van der Waals surface area contributed by atoms with Crippen LogP contribution in [0.15, 0.2) is 12.1 Å². The fourth-order valence-electron chi connectivity index (χ4n) is 4.10. The largest absolute Gasteiger partial charge is 0.344 e. The summed E-state index contributed by atoms with van der Waals surface area (Å²) in [6.45, 7) is 3.07. The maximum absolute atomic E-state index is 15.0. The fraction of sp³-hybridized carbons (Fsp3) is 0.368. The molecule has 2 aliphatic rings. The number of aromatic nitrogens is 2. The van der Waals surface area contributed by atoms with Gasteiger partial charge in [-0.1, -0.05) is 17.7 Å². The third-order valence-electron chi connectivity index (χ3n) is 5.71. The van der Waals surface area contributed by atoms with Crippen LogP contribution in [0, 0.1) is 42.6 Å². The molecule has 0 aliphatic carbocycles. The van der Waals surface area contributed by atoms with Gasteiger partial charge in [-0.2, -0.15) is 0 Å². The molecule has 3 heterocycles. The highest BCUT2D eigenvalue weighted by atomic mass is 35.5. The molecule has 0 spiro atoms. The highest BCUT2D eigenvalue weighted by Crippen LogP contribution is 2.43. The highest BCUT2D eigenvalue weighted by molar-refractivity contribution is 6.31. The summed E-state index contributed by atoms with van der Waals surface area (Å²) < 4.78 is 42.8. The van der Waals surface area contributed by atoms with Gasteiger partial charge in [0.15, 0.2) is 11.8 Å². The number of carbonyl (C=O) groups is 1. The molecule has 11 heteroatoms. The Kier molecular flexibility index (Phi) is 4.64. The van der Waals surface area contributed by atoms with Crippen LogP contribution in [0.2, 0.25) is 5.02 Å². The summed E-state index contributed by atoms with van der Waals surface area (Å²) >= 11 is 5.80. The maximum atomic E-state index is 15.0. The van der Waals surface area contributed by atoms with Crippen LogP contribution in [-0.4, -0.2) is 46.9 Å². The first kappa shape index (κ1) is 20.4. The average molecular weight is 439 g/mol. The topological polar surface area (TPSA) is 85.2 Å². The predicted octanol–water partition coefficient (Wildman–Crippen LogP) is 2.49. The highest BCUT2D eigenvalue weighted by Gasteiger charge is 2.58. The molecule has 1 amide bonds. The van der Waals surface area contributed by atoms with Crippen LogP contribution in [0.25, 0.3) is 0 Å². The summed E-state index contributed by atoms with van der Waals surface area (Å²) in [6, 6.07) is 2.24. The minimum absolute atomic E-state index is 0.0109. The molecule has 4 rings (SSSR count). The number of nitrogens with one attached hydrogen (secondary N) is 2. The van der Waals surface area contributed by atoms with Crippen LogP contribution in [0.5, 0.6) is 0 Å². The smallest absolute Gasteiger partial charge is 0.236 e. The Balaban J connectivity index is 1.87. The van der Waals surface area contributed by atoms with Crippen molar-refractivity contribution in [2.75, 3.05) is 25.0 Å². The van der Waals surface area contributed by atoms with E-state index in [1.807, 2.05) is 0 Å². The van der Waals surface area contributed by atoms with Crippen molar-refractivity contribution in [3.05, 3.63) is 51.6 Å². The first-order chi connectivity index (χ1) is 14.1. The van der Waals surface area contributed by atoms with Crippen molar-refractivity contribution < 1.29 is 18.0 Å². The van der Waals surface area contributed by atoms with Crippen LogP contribution < -0.4 is 10.2 Å². The van der Waals surface area contributed by atoms with Gasteiger partial charge < -0.3 is 10.2 Å². The molecule has 0 radical (unpaired) electrons. The van der Waals surface area contributed by atoms with Crippen molar-refractivity contribution in [1.29, 1.82) is 5.41 Å². The Bertz CT molecular complexity index is 1070. The van der Waals surface area contributed by atoms with E-state index < -0.39 is 39.8 Å². The summed E-state index contributed by atoms with van der Waals surface area (Å²) in [5, 5.41) is 10.4. The first-order valence-corrected chi connectivity index (χ1v) is 9.48. The molecule has 2 atom stereocenters. The normalized spacial score (nSPS) is 23.6. The molecular formula is C19H18ClF3N6O. The monoisotopic (exact) mass is 438 g/mol. The molecule has 7 nitrogen and oxygen atoms in total. The van der Waals surface area contributed by atoms with Gasteiger partial charge >= 0.3 is 0 Å². The number of halogens is 4. The molecule has 30 heavy (non-hydrogen) atoms. The molecule has 0 unspecified atom stereocenters. The fourth-order valence-corrected chi connectivity index (χ4v) is 4.26. The Morgan fingerprint density at radius 1 is 1.20 bits per heavy atom. The summed E-state index contributed by atoms with van der Waals surface area (Å²) in [5.41, 5.74) is -1.16. The van der Waals surface area contributed by atoms with Crippen LogP contribution in [0.3, 0.4) is 0 Å².